The largest absolute Gasteiger partial charge is 0.465 e. The predicted octanol–water partition coefficient (Wildman–Crippen LogP) is 2.72. The van der Waals surface area contributed by atoms with Gasteiger partial charge in [-0.2, -0.15) is 0 Å². The lowest BCUT2D eigenvalue weighted by molar-refractivity contribution is -0.171. The third-order valence-corrected chi connectivity index (χ3v) is 5.18. The van der Waals surface area contributed by atoms with Crippen LogP contribution < -0.4 is 0 Å². The lowest BCUT2D eigenvalue weighted by Gasteiger charge is -2.24. The normalized spacial score (nSPS) is 24.8. The van der Waals surface area contributed by atoms with Gasteiger partial charge in [0.15, 0.2) is 5.41 Å². The zero-order chi connectivity index (χ0) is 17.3. The Morgan fingerprint density at radius 1 is 1.25 bits per heavy atom. The molecule has 1 saturated carbocycles. The molecule has 0 aromatic rings. The van der Waals surface area contributed by atoms with E-state index in [2.05, 4.69) is 12.7 Å². The molecular weight excluding hydrogens is 308 g/mol. The summed E-state index contributed by atoms with van der Waals surface area (Å²) in [6, 6.07) is 0. The number of rotatable bonds is 4. The molecule has 1 atom stereocenters. The molecule has 0 radical (unpaired) electrons. The minimum Gasteiger partial charge on any atom is -0.465 e. The number of carbonyl (C=O) groups is 2. The molecule has 0 aromatic carbocycles. The topological polar surface area (TPSA) is 61.8 Å². The third-order valence-electron chi connectivity index (χ3n) is 5.18. The van der Waals surface area contributed by atoms with Crippen molar-refractivity contribution in [2.45, 2.75) is 33.1 Å². The number of esters is 2. The summed E-state index contributed by atoms with van der Waals surface area (Å²) in [4.78, 5) is 25.4. The second-order valence-electron chi connectivity index (χ2n) is 6.54. The molecule has 2 fully saturated rings. The van der Waals surface area contributed by atoms with E-state index in [0.717, 1.165) is 28.7 Å². The summed E-state index contributed by atoms with van der Waals surface area (Å²) in [6.45, 7) is 9.30. The zero-order valence-electron chi connectivity index (χ0n) is 14.4. The maximum Gasteiger partial charge on any atom is 0.323 e. The van der Waals surface area contributed by atoms with Gasteiger partial charge in [-0.3, -0.25) is 9.59 Å². The van der Waals surface area contributed by atoms with E-state index in [1.54, 1.807) is 13.8 Å². The molecule has 1 aliphatic heterocycles. The fourth-order valence-corrected chi connectivity index (χ4v) is 3.95. The smallest absolute Gasteiger partial charge is 0.323 e. The van der Waals surface area contributed by atoms with Crippen molar-refractivity contribution in [1.82, 2.24) is 0 Å². The molecule has 1 heterocycles. The average Bonchev–Trinajstić information content (AvgIpc) is 3.16. The standard InChI is InChI=1S/C19H24O5/c1-4-23-17(20)19(18(21)24-5-2)8-14-12(3)6-7-13-10-22-11-16(13)15(14)9-19/h7,14H,3-6,8-11H2,1-2H3. The van der Waals surface area contributed by atoms with Crippen molar-refractivity contribution in [2.24, 2.45) is 11.3 Å². The molecular formula is C19H24O5. The van der Waals surface area contributed by atoms with Crippen LogP contribution in [0.3, 0.4) is 0 Å². The van der Waals surface area contributed by atoms with E-state index in [9.17, 15) is 9.59 Å². The SMILES string of the molecule is C=C1CC=C2COCC2=C2CC(C(=O)OCC)(C(=O)OCC)CC12. The number of carbonyl (C=O) groups excluding carboxylic acids is 2. The molecule has 0 spiro atoms. The van der Waals surface area contributed by atoms with Gasteiger partial charge in [0.05, 0.1) is 26.4 Å². The summed E-state index contributed by atoms with van der Waals surface area (Å²) in [7, 11) is 0. The minimum absolute atomic E-state index is 0.00395. The Bertz CT molecular complexity index is 622. The first-order chi connectivity index (χ1) is 11.5. The van der Waals surface area contributed by atoms with E-state index in [0.29, 0.717) is 26.1 Å². The van der Waals surface area contributed by atoms with Crippen LogP contribution in [0.2, 0.25) is 0 Å². The fourth-order valence-electron chi connectivity index (χ4n) is 3.95. The highest BCUT2D eigenvalue weighted by atomic mass is 16.6. The molecule has 3 rings (SSSR count). The molecule has 5 nitrogen and oxygen atoms in total. The van der Waals surface area contributed by atoms with Crippen molar-refractivity contribution in [3.63, 3.8) is 0 Å². The number of allylic oxidation sites excluding steroid dienone is 3. The third kappa shape index (κ3) is 2.61. The van der Waals surface area contributed by atoms with Gasteiger partial charge in [-0.1, -0.05) is 23.8 Å². The molecule has 0 amide bonds. The first-order valence-corrected chi connectivity index (χ1v) is 8.54. The van der Waals surface area contributed by atoms with Crippen molar-refractivity contribution in [2.75, 3.05) is 26.4 Å². The Labute approximate surface area is 142 Å². The highest BCUT2D eigenvalue weighted by molar-refractivity contribution is 6.01. The second kappa shape index (κ2) is 6.55. The average molecular weight is 332 g/mol. The molecule has 5 heteroatoms. The second-order valence-corrected chi connectivity index (χ2v) is 6.54. The van der Waals surface area contributed by atoms with Gasteiger partial charge in [-0.05, 0) is 44.3 Å². The van der Waals surface area contributed by atoms with Crippen LogP contribution in [0, 0.1) is 11.3 Å². The summed E-state index contributed by atoms with van der Waals surface area (Å²) in [5, 5.41) is 0. The molecule has 2 aliphatic carbocycles. The Hall–Kier alpha value is -1.88. The predicted molar refractivity (Wildman–Crippen MR) is 88.1 cm³/mol. The van der Waals surface area contributed by atoms with Crippen LogP contribution in [0.25, 0.3) is 0 Å². The molecule has 0 aromatic heterocycles. The molecule has 0 N–H and O–H groups in total. The van der Waals surface area contributed by atoms with Gasteiger partial charge in [0, 0.05) is 5.92 Å². The number of fused-ring (bicyclic) bond motifs is 2. The highest BCUT2D eigenvalue weighted by Gasteiger charge is 2.57. The maximum atomic E-state index is 12.7. The first-order valence-electron chi connectivity index (χ1n) is 8.54. The summed E-state index contributed by atoms with van der Waals surface area (Å²) in [5.74, 6) is -0.965. The van der Waals surface area contributed by atoms with Gasteiger partial charge in [-0.25, -0.2) is 0 Å². The fraction of sp³-hybridized carbons (Fsp3) is 0.579. The molecule has 1 unspecified atom stereocenters. The Morgan fingerprint density at radius 3 is 2.54 bits per heavy atom. The minimum atomic E-state index is -1.26. The van der Waals surface area contributed by atoms with Crippen LogP contribution >= 0.6 is 0 Å². The van der Waals surface area contributed by atoms with Crippen molar-refractivity contribution >= 4 is 11.9 Å². The Balaban J connectivity index is 2.05. The molecule has 0 bridgehead atoms. The monoisotopic (exact) mass is 332 g/mol. The van der Waals surface area contributed by atoms with Gasteiger partial charge in [-0.15, -0.1) is 0 Å². The van der Waals surface area contributed by atoms with Crippen LogP contribution in [0.4, 0.5) is 0 Å². The van der Waals surface area contributed by atoms with Crippen LogP contribution in [-0.2, 0) is 23.8 Å². The number of ether oxygens (including phenoxy) is 3. The molecule has 3 aliphatic rings. The molecule has 24 heavy (non-hydrogen) atoms. The van der Waals surface area contributed by atoms with Crippen molar-refractivity contribution in [1.29, 1.82) is 0 Å². The first kappa shape index (κ1) is 17.0. The van der Waals surface area contributed by atoms with Crippen LogP contribution in [0.1, 0.15) is 33.1 Å². The van der Waals surface area contributed by atoms with E-state index in [1.807, 2.05) is 0 Å². The van der Waals surface area contributed by atoms with E-state index in [-0.39, 0.29) is 19.1 Å². The Kier molecular flexibility index (Phi) is 4.63. The van der Waals surface area contributed by atoms with Gasteiger partial charge in [0.2, 0.25) is 0 Å². The van der Waals surface area contributed by atoms with E-state index >= 15 is 0 Å². The van der Waals surface area contributed by atoms with Gasteiger partial charge in [0.25, 0.3) is 0 Å². The lowest BCUT2D eigenvalue weighted by Crippen LogP contribution is -2.40. The van der Waals surface area contributed by atoms with Crippen LogP contribution in [-0.4, -0.2) is 38.4 Å². The zero-order valence-corrected chi connectivity index (χ0v) is 14.4. The van der Waals surface area contributed by atoms with E-state index < -0.39 is 17.4 Å². The Morgan fingerprint density at radius 2 is 1.92 bits per heavy atom. The quantitative estimate of drug-likeness (QED) is 0.450. The summed E-state index contributed by atoms with van der Waals surface area (Å²) < 4.78 is 16.1. The highest BCUT2D eigenvalue weighted by Crippen LogP contribution is 2.53. The summed E-state index contributed by atoms with van der Waals surface area (Å²) in [5.41, 5.74) is 3.18. The van der Waals surface area contributed by atoms with Crippen LogP contribution in [0.15, 0.2) is 34.9 Å². The lowest BCUT2D eigenvalue weighted by atomic mass is 9.83. The van der Waals surface area contributed by atoms with Crippen molar-refractivity contribution in [3.05, 3.63) is 34.9 Å². The van der Waals surface area contributed by atoms with Crippen molar-refractivity contribution < 1.29 is 23.8 Å². The molecule has 130 valence electrons. The van der Waals surface area contributed by atoms with E-state index in [1.165, 1.54) is 0 Å². The van der Waals surface area contributed by atoms with Gasteiger partial charge >= 0.3 is 11.9 Å². The molecule has 1 saturated heterocycles. The van der Waals surface area contributed by atoms with Gasteiger partial charge < -0.3 is 14.2 Å². The van der Waals surface area contributed by atoms with Gasteiger partial charge in [0.1, 0.15) is 0 Å². The van der Waals surface area contributed by atoms with E-state index in [4.69, 9.17) is 14.2 Å². The summed E-state index contributed by atoms with van der Waals surface area (Å²) in [6.07, 6.45) is 3.62. The van der Waals surface area contributed by atoms with Crippen molar-refractivity contribution in [3.8, 4) is 0 Å². The summed E-state index contributed by atoms with van der Waals surface area (Å²) >= 11 is 0. The number of hydrogen-bond donors (Lipinski definition) is 0. The van der Waals surface area contributed by atoms with Crippen LogP contribution in [0.5, 0.6) is 0 Å². The number of hydrogen-bond acceptors (Lipinski definition) is 5. The maximum absolute atomic E-state index is 12.7.